The van der Waals surface area contributed by atoms with Gasteiger partial charge in [0.25, 0.3) is 0 Å². The summed E-state index contributed by atoms with van der Waals surface area (Å²) in [6.45, 7) is 0. The van der Waals surface area contributed by atoms with Crippen LogP contribution in [0.15, 0.2) is 51.4 Å². The molecule has 0 aliphatic rings. The Balaban J connectivity index is 2.16. The Morgan fingerprint density at radius 1 is 1.11 bits per heavy atom. The Morgan fingerprint density at radius 2 is 1.89 bits per heavy atom. The van der Waals surface area contributed by atoms with Gasteiger partial charge in [-0.3, -0.25) is 0 Å². The van der Waals surface area contributed by atoms with Crippen LogP contribution in [0.3, 0.4) is 0 Å². The molecular formula is C14H12Br2FN. The molecule has 0 amide bonds. The van der Waals surface area contributed by atoms with Crippen molar-refractivity contribution in [2.75, 3.05) is 0 Å². The SMILES string of the molecule is NC(Cc1ccc(F)c(Br)c1)c1cccc(Br)c1. The first-order valence-corrected chi connectivity index (χ1v) is 7.10. The molecular weight excluding hydrogens is 361 g/mol. The molecule has 18 heavy (non-hydrogen) atoms. The summed E-state index contributed by atoms with van der Waals surface area (Å²) in [4.78, 5) is 0. The van der Waals surface area contributed by atoms with E-state index in [9.17, 15) is 4.39 Å². The first-order chi connectivity index (χ1) is 8.56. The maximum atomic E-state index is 13.1. The highest BCUT2D eigenvalue weighted by Gasteiger charge is 2.09. The van der Waals surface area contributed by atoms with Crippen LogP contribution in [-0.4, -0.2) is 0 Å². The summed E-state index contributed by atoms with van der Waals surface area (Å²) in [6.07, 6.45) is 0.676. The zero-order chi connectivity index (χ0) is 13.1. The fourth-order valence-electron chi connectivity index (χ4n) is 1.78. The van der Waals surface area contributed by atoms with Gasteiger partial charge in [0.1, 0.15) is 5.82 Å². The van der Waals surface area contributed by atoms with E-state index in [2.05, 4.69) is 31.9 Å². The molecule has 0 spiro atoms. The van der Waals surface area contributed by atoms with Crippen molar-refractivity contribution in [3.63, 3.8) is 0 Å². The fourth-order valence-corrected chi connectivity index (χ4v) is 2.62. The van der Waals surface area contributed by atoms with Crippen LogP contribution in [0.2, 0.25) is 0 Å². The Labute approximate surface area is 122 Å². The van der Waals surface area contributed by atoms with Gasteiger partial charge in [0.05, 0.1) is 4.47 Å². The van der Waals surface area contributed by atoms with Gasteiger partial charge in [-0.2, -0.15) is 0 Å². The number of hydrogen-bond acceptors (Lipinski definition) is 1. The minimum atomic E-state index is -0.255. The minimum Gasteiger partial charge on any atom is -0.324 e. The molecule has 94 valence electrons. The molecule has 2 N–H and O–H groups in total. The second kappa shape index (κ2) is 5.95. The first-order valence-electron chi connectivity index (χ1n) is 5.51. The lowest BCUT2D eigenvalue weighted by Crippen LogP contribution is -2.13. The molecule has 0 saturated heterocycles. The van der Waals surface area contributed by atoms with Crippen molar-refractivity contribution in [2.24, 2.45) is 5.73 Å². The lowest BCUT2D eigenvalue weighted by molar-refractivity contribution is 0.618. The van der Waals surface area contributed by atoms with E-state index in [0.29, 0.717) is 10.9 Å². The van der Waals surface area contributed by atoms with E-state index in [0.717, 1.165) is 15.6 Å². The third kappa shape index (κ3) is 3.40. The summed E-state index contributed by atoms with van der Waals surface area (Å²) < 4.78 is 14.6. The largest absolute Gasteiger partial charge is 0.324 e. The van der Waals surface area contributed by atoms with Gasteiger partial charge >= 0.3 is 0 Å². The second-order valence-corrected chi connectivity index (χ2v) is 5.88. The van der Waals surface area contributed by atoms with Gasteiger partial charge in [-0.25, -0.2) is 4.39 Å². The Morgan fingerprint density at radius 3 is 2.56 bits per heavy atom. The molecule has 0 heterocycles. The molecule has 4 heteroatoms. The van der Waals surface area contributed by atoms with Crippen molar-refractivity contribution in [3.8, 4) is 0 Å². The van der Waals surface area contributed by atoms with E-state index >= 15 is 0 Å². The standard InChI is InChI=1S/C14H12Br2FN/c15-11-3-1-2-10(8-11)14(18)7-9-4-5-13(17)12(16)6-9/h1-6,8,14H,7,18H2. The van der Waals surface area contributed by atoms with E-state index < -0.39 is 0 Å². The molecule has 2 aromatic carbocycles. The first kappa shape index (κ1) is 13.7. The molecule has 2 aromatic rings. The Bertz CT molecular complexity index is 557. The molecule has 0 aliphatic heterocycles. The highest BCUT2D eigenvalue weighted by molar-refractivity contribution is 9.10. The van der Waals surface area contributed by atoms with E-state index in [4.69, 9.17) is 5.73 Å². The van der Waals surface area contributed by atoms with Crippen molar-refractivity contribution >= 4 is 31.9 Å². The summed E-state index contributed by atoms with van der Waals surface area (Å²) >= 11 is 6.60. The van der Waals surface area contributed by atoms with Crippen molar-refractivity contribution in [1.82, 2.24) is 0 Å². The summed E-state index contributed by atoms with van der Waals surface area (Å²) in [5, 5.41) is 0. The van der Waals surface area contributed by atoms with Gasteiger partial charge in [0, 0.05) is 10.5 Å². The lowest BCUT2D eigenvalue weighted by atomic mass is 10.00. The highest BCUT2D eigenvalue weighted by Crippen LogP contribution is 2.22. The van der Waals surface area contributed by atoms with Crippen molar-refractivity contribution in [3.05, 3.63) is 68.4 Å². The highest BCUT2D eigenvalue weighted by atomic mass is 79.9. The zero-order valence-electron chi connectivity index (χ0n) is 9.54. The van der Waals surface area contributed by atoms with E-state index in [1.54, 1.807) is 12.1 Å². The van der Waals surface area contributed by atoms with E-state index in [1.807, 2.05) is 24.3 Å². The van der Waals surface area contributed by atoms with Gasteiger partial charge in [-0.15, -0.1) is 0 Å². The monoisotopic (exact) mass is 371 g/mol. The normalized spacial score (nSPS) is 12.4. The number of rotatable bonds is 3. The second-order valence-electron chi connectivity index (χ2n) is 4.11. The minimum absolute atomic E-state index is 0.0974. The fraction of sp³-hybridized carbons (Fsp3) is 0.143. The summed E-state index contributed by atoms with van der Waals surface area (Å²) in [5.41, 5.74) is 8.22. The maximum absolute atomic E-state index is 13.1. The summed E-state index contributed by atoms with van der Waals surface area (Å²) in [7, 11) is 0. The Hall–Kier alpha value is -0.710. The van der Waals surface area contributed by atoms with Crippen molar-refractivity contribution in [1.29, 1.82) is 0 Å². The smallest absolute Gasteiger partial charge is 0.137 e. The van der Waals surface area contributed by atoms with Crippen LogP contribution in [0.1, 0.15) is 17.2 Å². The van der Waals surface area contributed by atoms with E-state index in [-0.39, 0.29) is 11.9 Å². The average Bonchev–Trinajstić information content (AvgIpc) is 2.34. The molecule has 0 fully saturated rings. The molecule has 2 rings (SSSR count). The third-order valence-electron chi connectivity index (χ3n) is 2.72. The third-order valence-corrected chi connectivity index (χ3v) is 3.82. The van der Waals surface area contributed by atoms with Gasteiger partial charge in [-0.1, -0.05) is 34.1 Å². The van der Waals surface area contributed by atoms with Crippen LogP contribution in [0.25, 0.3) is 0 Å². The quantitative estimate of drug-likeness (QED) is 0.837. The number of nitrogens with two attached hydrogens (primary N) is 1. The molecule has 0 radical (unpaired) electrons. The number of hydrogen-bond donors (Lipinski definition) is 1. The van der Waals surface area contributed by atoms with Crippen LogP contribution in [0.5, 0.6) is 0 Å². The molecule has 0 aromatic heterocycles. The van der Waals surface area contributed by atoms with Crippen LogP contribution >= 0.6 is 31.9 Å². The van der Waals surface area contributed by atoms with Crippen LogP contribution < -0.4 is 5.73 Å². The van der Waals surface area contributed by atoms with Crippen LogP contribution in [0.4, 0.5) is 4.39 Å². The van der Waals surface area contributed by atoms with Gasteiger partial charge in [-0.05, 0) is 57.7 Å². The van der Waals surface area contributed by atoms with E-state index in [1.165, 1.54) is 6.07 Å². The van der Waals surface area contributed by atoms with Crippen LogP contribution in [0, 0.1) is 5.82 Å². The Kier molecular flexibility index (Phi) is 4.54. The molecule has 0 aliphatic carbocycles. The summed E-state index contributed by atoms with van der Waals surface area (Å²) in [5.74, 6) is -0.255. The van der Waals surface area contributed by atoms with Gasteiger partial charge in [0.2, 0.25) is 0 Å². The van der Waals surface area contributed by atoms with Gasteiger partial charge in [0.15, 0.2) is 0 Å². The zero-order valence-corrected chi connectivity index (χ0v) is 12.7. The van der Waals surface area contributed by atoms with Gasteiger partial charge < -0.3 is 5.73 Å². The van der Waals surface area contributed by atoms with Crippen LogP contribution in [-0.2, 0) is 6.42 Å². The molecule has 1 nitrogen and oxygen atoms in total. The predicted octanol–water partition coefficient (Wildman–Crippen LogP) is 4.59. The lowest BCUT2D eigenvalue weighted by Gasteiger charge is -2.13. The average molecular weight is 373 g/mol. The van der Waals surface area contributed by atoms with Crippen molar-refractivity contribution in [2.45, 2.75) is 12.5 Å². The predicted molar refractivity (Wildman–Crippen MR) is 78.9 cm³/mol. The topological polar surface area (TPSA) is 26.0 Å². The molecule has 1 unspecified atom stereocenters. The summed E-state index contributed by atoms with van der Waals surface area (Å²) in [6, 6.07) is 12.8. The number of halogens is 3. The number of benzene rings is 2. The molecule has 1 atom stereocenters. The molecule has 0 bridgehead atoms. The van der Waals surface area contributed by atoms with Crippen molar-refractivity contribution < 1.29 is 4.39 Å². The molecule has 0 saturated carbocycles. The maximum Gasteiger partial charge on any atom is 0.137 e.